The van der Waals surface area contributed by atoms with E-state index in [2.05, 4.69) is 6.07 Å². The molecule has 1 nitrogen and oxygen atoms in total. The van der Waals surface area contributed by atoms with Crippen molar-refractivity contribution in [3.8, 4) is 22.5 Å². The molecule has 0 spiro atoms. The minimum atomic E-state index is 0.706. The van der Waals surface area contributed by atoms with Crippen LogP contribution in [0.25, 0.3) is 33.4 Å². The van der Waals surface area contributed by atoms with Crippen molar-refractivity contribution in [2.45, 2.75) is 0 Å². The third-order valence-electron chi connectivity index (χ3n) is 3.83. The molecule has 4 rings (SSSR count). The molecule has 0 fully saturated rings. The Labute approximate surface area is 144 Å². The second kappa shape index (κ2) is 5.77. The van der Waals surface area contributed by atoms with Crippen LogP contribution in [0.2, 0.25) is 10.0 Å². The summed E-state index contributed by atoms with van der Waals surface area (Å²) in [5.74, 6) is 0.838. The summed E-state index contributed by atoms with van der Waals surface area (Å²) in [5.41, 5.74) is 4.00. The van der Waals surface area contributed by atoms with Gasteiger partial charge in [-0.3, -0.25) is 0 Å². The minimum Gasteiger partial charge on any atom is -0.455 e. The Balaban J connectivity index is 2.01. The first kappa shape index (κ1) is 14.4. The highest BCUT2D eigenvalue weighted by Gasteiger charge is 2.17. The predicted octanol–water partition coefficient (Wildman–Crippen LogP) is 7.07. The molecule has 0 radical (unpaired) electrons. The van der Waals surface area contributed by atoms with Gasteiger partial charge in [0, 0.05) is 26.6 Å². The molecule has 4 aromatic rings. The molecule has 3 heteroatoms. The zero-order valence-corrected chi connectivity index (χ0v) is 13.6. The maximum Gasteiger partial charge on any atom is 0.143 e. The van der Waals surface area contributed by atoms with E-state index in [1.54, 1.807) is 0 Å². The summed E-state index contributed by atoms with van der Waals surface area (Å²) in [6.45, 7) is 0. The van der Waals surface area contributed by atoms with E-state index < -0.39 is 0 Å². The first-order chi connectivity index (χ1) is 11.2. The maximum absolute atomic E-state index is 6.13. The molecule has 0 bridgehead atoms. The lowest BCUT2D eigenvalue weighted by Gasteiger charge is -2.04. The highest BCUT2D eigenvalue weighted by atomic mass is 35.5. The average Bonchev–Trinajstić information content (AvgIpc) is 2.96. The molecule has 0 amide bonds. The van der Waals surface area contributed by atoms with Gasteiger partial charge in [-0.2, -0.15) is 0 Å². The predicted molar refractivity (Wildman–Crippen MR) is 97.1 cm³/mol. The van der Waals surface area contributed by atoms with Crippen LogP contribution in [-0.4, -0.2) is 0 Å². The van der Waals surface area contributed by atoms with Gasteiger partial charge >= 0.3 is 0 Å². The van der Waals surface area contributed by atoms with Gasteiger partial charge in [-0.05, 0) is 48.0 Å². The van der Waals surface area contributed by atoms with Crippen LogP contribution in [0.3, 0.4) is 0 Å². The number of furan rings is 1. The molecular formula is C20H12Cl2O. The fraction of sp³-hybridized carbons (Fsp3) is 0. The number of halogens is 2. The molecule has 1 aromatic heterocycles. The highest BCUT2D eigenvalue weighted by molar-refractivity contribution is 6.31. The SMILES string of the molecule is Clc1ccc(-c2oc3ccccc3c2-c2ccc(Cl)cc2)cc1. The maximum atomic E-state index is 6.13. The summed E-state index contributed by atoms with van der Waals surface area (Å²) in [4.78, 5) is 0. The largest absolute Gasteiger partial charge is 0.455 e. The summed E-state index contributed by atoms with van der Waals surface area (Å²) < 4.78 is 6.13. The molecule has 3 aromatic carbocycles. The minimum absolute atomic E-state index is 0.706. The average molecular weight is 339 g/mol. The van der Waals surface area contributed by atoms with E-state index in [0.29, 0.717) is 5.02 Å². The van der Waals surface area contributed by atoms with E-state index in [1.807, 2.05) is 66.7 Å². The van der Waals surface area contributed by atoms with E-state index in [-0.39, 0.29) is 0 Å². The van der Waals surface area contributed by atoms with Crippen LogP contribution in [0.4, 0.5) is 0 Å². The van der Waals surface area contributed by atoms with Gasteiger partial charge in [0.15, 0.2) is 0 Å². The first-order valence-corrected chi connectivity index (χ1v) is 8.01. The van der Waals surface area contributed by atoms with E-state index in [1.165, 1.54) is 0 Å². The normalized spacial score (nSPS) is 11.0. The lowest BCUT2D eigenvalue weighted by Crippen LogP contribution is -1.81. The highest BCUT2D eigenvalue weighted by Crippen LogP contribution is 2.41. The Kier molecular flexibility index (Phi) is 3.60. The van der Waals surface area contributed by atoms with Crippen molar-refractivity contribution in [3.63, 3.8) is 0 Å². The van der Waals surface area contributed by atoms with Crippen LogP contribution in [0.15, 0.2) is 77.2 Å². The van der Waals surface area contributed by atoms with Crippen molar-refractivity contribution in [2.24, 2.45) is 0 Å². The van der Waals surface area contributed by atoms with Crippen molar-refractivity contribution in [1.82, 2.24) is 0 Å². The monoisotopic (exact) mass is 338 g/mol. The second-order valence-corrected chi connectivity index (χ2v) is 6.19. The summed E-state index contributed by atoms with van der Waals surface area (Å²) in [6.07, 6.45) is 0. The number of rotatable bonds is 2. The van der Waals surface area contributed by atoms with E-state index in [0.717, 1.165) is 38.4 Å². The smallest absolute Gasteiger partial charge is 0.143 e. The van der Waals surface area contributed by atoms with Crippen LogP contribution in [-0.2, 0) is 0 Å². The Morgan fingerprint density at radius 3 is 1.83 bits per heavy atom. The Bertz CT molecular complexity index is 967. The van der Waals surface area contributed by atoms with E-state index >= 15 is 0 Å². The number of benzene rings is 3. The van der Waals surface area contributed by atoms with Crippen molar-refractivity contribution in [3.05, 3.63) is 82.8 Å². The zero-order chi connectivity index (χ0) is 15.8. The fourth-order valence-electron chi connectivity index (χ4n) is 2.75. The Morgan fingerprint density at radius 2 is 1.17 bits per heavy atom. The van der Waals surface area contributed by atoms with Crippen molar-refractivity contribution in [2.75, 3.05) is 0 Å². The molecule has 0 saturated heterocycles. The summed E-state index contributed by atoms with van der Waals surface area (Å²) in [6, 6.07) is 23.5. The second-order valence-electron chi connectivity index (χ2n) is 5.32. The molecule has 0 aliphatic carbocycles. The molecule has 0 unspecified atom stereocenters. The van der Waals surface area contributed by atoms with Crippen molar-refractivity contribution >= 4 is 34.2 Å². The molecular weight excluding hydrogens is 327 g/mol. The first-order valence-electron chi connectivity index (χ1n) is 7.26. The lowest BCUT2D eigenvalue weighted by atomic mass is 9.99. The van der Waals surface area contributed by atoms with Gasteiger partial charge in [0.05, 0.1) is 0 Å². The standard InChI is InChI=1S/C20H12Cl2O/c21-15-9-5-13(6-10-15)19-17-3-1-2-4-18(17)23-20(19)14-7-11-16(22)12-8-14/h1-12H. The van der Waals surface area contributed by atoms with Crippen LogP contribution >= 0.6 is 23.2 Å². The van der Waals surface area contributed by atoms with Gasteiger partial charge in [-0.15, -0.1) is 0 Å². The molecule has 112 valence electrons. The zero-order valence-electron chi connectivity index (χ0n) is 12.1. The van der Waals surface area contributed by atoms with Crippen LogP contribution in [0.1, 0.15) is 0 Å². The van der Waals surface area contributed by atoms with Crippen LogP contribution in [0.5, 0.6) is 0 Å². The summed E-state index contributed by atoms with van der Waals surface area (Å²) in [5, 5.41) is 2.51. The number of hydrogen-bond donors (Lipinski definition) is 0. The number of fused-ring (bicyclic) bond motifs is 1. The number of hydrogen-bond acceptors (Lipinski definition) is 1. The van der Waals surface area contributed by atoms with Gasteiger partial charge in [-0.25, -0.2) is 0 Å². The topological polar surface area (TPSA) is 13.1 Å². The van der Waals surface area contributed by atoms with Gasteiger partial charge < -0.3 is 4.42 Å². The van der Waals surface area contributed by atoms with Gasteiger partial charge in [0.2, 0.25) is 0 Å². The molecule has 0 atom stereocenters. The lowest BCUT2D eigenvalue weighted by molar-refractivity contribution is 0.632. The van der Waals surface area contributed by atoms with Crippen molar-refractivity contribution in [1.29, 1.82) is 0 Å². The molecule has 23 heavy (non-hydrogen) atoms. The fourth-order valence-corrected chi connectivity index (χ4v) is 3.01. The summed E-state index contributed by atoms with van der Waals surface area (Å²) in [7, 11) is 0. The molecule has 0 saturated carbocycles. The van der Waals surface area contributed by atoms with Crippen molar-refractivity contribution < 1.29 is 4.42 Å². The van der Waals surface area contributed by atoms with E-state index in [9.17, 15) is 0 Å². The van der Waals surface area contributed by atoms with Gasteiger partial charge in [-0.1, -0.05) is 53.5 Å². The van der Waals surface area contributed by atoms with Crippen LogP contribution in [0, 0.1) is 0 Å². The Morgan fingerprint density at radius 1 is 0.609 bits per heavy atom. The Hall–Kier alpha value is -2.22. The molecule has 1 heterocycles. The van der Waals surface area contributed by atoms with Gasteiger partial charge in [0.25, 0.3) is 0 Å². The quantitative estimate of drug-likeness (QED) is 0.380. The third-order valence-corrected chi connectivity index (χ3v) is 4.34. The molecule has 0 aliphatic rings. The number of para-hydroxylation sites is 1. The van der Waals surface area contributed by atoms with Crippen LogP contribution < -0.4 is 0 Å². The summed E-state index contributed by atoms with van der Waals surface area (Å²) >= 11 is 12.0. The molecule has 0 N–H and O–H groups in total. The van der Waals surface area contributed by atoms with E-state index in [4.69, 9.17) is 27.6 Å². The van der Waals surface area contributed by atoms with Gasteiger partial charge in [0.1, 0.15) is 11.3 Å². The molecule has 0 aliphatic heterocycles. The third kappa shape index (κ3) is 2.63.